The molecule has 0 fully saturated rings. The minimum absolute atomic E-state index is 0.396. The fourth-order valence-corrected chi connectivity index (χ4v) is 3.34. The van der Waals surface area contributed by atoms with Gasteiger partial charge in [-0.15, -0.1) is 0 Å². The second-order valence-electron chi connectivity index (χ2n) is 5.92. The van der Waals surface area contributed by atoms with E-state index in [1.807, 2.05) is 49.4 Å². The molecule has 0 spiro atoms. The Hall–Kier alpha value is -2.33. The lowest BCUT2D eigenvalue weighted by Gasteiger charge is -2.14. The van der Waals surface area contributed by atoms with Crippen molar-refractivity contribution in [2.75, 3.05) is 0 Å². The van der Waals surface area contributed by atoms with Crippen molar-refractivity contribution >= 4 is 21.8 Å². The molecule has 3 rings (SSSR count). The molecule has 1 heterocycles. The van der Waals surface area contributed by atoms with Gasteiger partial charge in [-0.2, -0.15) is 0 Å². The Morgan fingerprint density at radius 2 is 1.83 bits per heavy atom. The molecule has 1 aromatic heterocycles. The Balaban J connectivity index is 2.16. The van der Waals surface area contributed by atoms with Gasteiger partial charge in [-0.25, -0.2) is 0 Å². The third-order valence-electron chi connectivity index (χ3n) is 4.34. The van der Waals surface area contributed by atoms with Crippen molar-refractivity contribution in [3.05, 3.63) is 81.5 Å². The van der Waals surface area contributed by atoms with Gasteiger partial charge in [-0.3, -0.25) is 4.79 Å². The van der Waals surface area contributed by atoms with Crippen molar-refractivity contribution in [2.24, 2.45) is 5.73 Å². The van der Waals surface area contributed by atoms with Gasteiger partial charge >= 0.3 is 0 Å². The normalized spacial score (nSPS) is 10.8. The van der Waals surface area contributed by atoms with Crippen molar-refractivity contribution in [2.45, 2.75) is 20.4 Å². The summed E-state index contributed by atoms with van der Waals surface area (Å²) in [5.74, 6) is -0.396. The zero-order chi connectivity index (χ0) is 17.3. The number of benzene rings is 2. The number of rotatable bonds is 4. The highest BCUT2D eigenvalue weighted by molar-refractivity contribution is 9.10. The number of aromatic nitrogens is 1. The summed E-state index contributed by atoms with van der Waals surface area (Å²) in [6.07, 6.45) is 0. The van der Waals surface area contributed by atoms with E-state index in [1.165, 1.54) is 11.1 Å². The monoisotopic (exact) mass is 382 g/mol. The van der Waals surface area contributed by atoms with E-state index in [2.05, 4.69) is 39.6 Å². The molecule has 0 aliphatic carbocycles. The van der Waals surface area contributed by atoms with E-state index >= 15 is 0 Å². The van der Waals surface area contributed by atoms with Gasteiger partial charge in [0.25, 0.3) is 5.91 Å². The molecule has 0 saturated heterocycles. The third-order valence-corrected chi connectivity index (χ3v) is 4.84. The highest BCUT2D eigenvalue weighted by atomic mass is 79.9. The lowest BCUT2D eigenvalue weighted by Crippen LogP contribution is -2.13. The van der Waals surface area contributed by atoms with Gasteiger partial charge in [-0.1, -0.05) is 52.3 Å². The zero-order valence-corrected chi connectivity index (χ0v) is 15.3. The van der Waals surface area contributed by atoms with Crippen LogP contribution < -0.4 is 5.73 Å². The van der Waals surface area contributed by atoms with Crippen molar-refractivity contribution in [3.8, 4) is 11.3 Å². The lowest BCUT2D eigenvalue weighted by molar-refractivity contribution is 0.0999. The van der Waals surface area contributed by atoms with Gasteiger partial charge in [0, 0.05) is 22.4 Å². The van der Waals surface area contributed by atoms with E-state index in [9.17, 15) is 4.79 Å². The van der Waals surface area contributed by atoms with Crippen LogP contribution in [-0.4, -0.2) is 10.5 Å². The van der Waals surface area contributed by atoms with Crippen LogP contribution in [0.15, 0.2) is 59.1 Å². The van der Waals surface area contributed by atoms with Crippen molar-refractivity contribution in [1.29, 1.82) is 0 Å². The summed E-state index contributed by atoms with van der Waals surface area (Å²) in [6.45, 7) is 4.75. The molecule has 1 amide bonds. The van der Waals surface area contributed by atoms with E-state index in [1.54, 1.807) is 0 Å². The highest BCUT2D eigenvalue weighted by Crippen LogP contribution is 2.29. The van der Waals surface area contributed by atoms with Crippen LogP contribution in [0.1, 0.15) is 27.2 Å². The summed E-state index contributed by atoms with van der Waals surface area (Å²) in [6, 6.07) is 18.2. The number of nitrogens with zero attached hydrogens (tertiary/aromatic N) is 1. The molecule has 0 unspecified atom stereocenters. The molecule has 2 aromatic carbocycles. The quantitative estimate of drug-likeness (QED) is 0.699. The first-order valence-corrected chi connectivity index (χ1v) is 8.57. The molecule has 0 bridgehead atoms. The van der Waals surface area contributed by atoms with Gasteiger partial charge in [0.05, 0.1) is 5.56 Å². The van der Waals surface area contributed by atoms with Crippen LogP contribution in [0.3, 0.4) is 0 Å². The average molecular weight is 383 g/mol. The van der Waals surface area contributed by atoms with Gasteiger partial charge in [0.15, 0.2) is 0 Å². The number of carbonyl (C=O) groups is 1. The Morgan fingerprint density at radius 3 is 2.50 bits per heavy atom. The Bertz CT molecular complexity index is 912. The maximum absolute atomic E-state index is 11.8. The topological polar surface area (TPSA) is 48.0 Å². The van der Waals surface area contributed by atoms with Crippen LogP contribution in [0.4, 0.5) is 0 Å². The molecule has 2 N–H and O–H groups in total. The summed E-state index contributed by atoms with van der Waals surface area (Å²) in [5.41, 5.74) is 11.5. The number of hydrogen-bond acceptors (Lipinski definition) is 1. The molecule has 4 heteroatoms. The molecule has 24 heavy (non-hydrogen) atoms. The van der Waals surface area contributed by atoms with Gasteiger partial charge in [0.2, 0.25) is 0 Å². The zero-order valence-electron chi connectivity index (χ0n) is 13.7. The molecule has 3 aromatic rings. The molecule has 3 nitrogen and oxygen atoms in total. The predicted molar refractivity (Wildman–Crippen MR) is 101 cm³/mol. The molecule has 0 aliphatic heterocycles. The van der Waals surface area contributed by atoms with Crippen LogP contribution in [0, 0.1) is 13.8 Å². The van der Waals surface area contributed by atoms with Crippen LogP contribution in [0.2, 0.25) is 0 Å². The lowest BCUT2D eigenvalue weighted by atomic mass is 10.1. The van der Waals surface area contributed by atoms with E-state index < -0.39 is 5.91 Å². The fraction of sp³-hybridized carbons (Fsp3) is 0.150. The second kappa shape index (κ2) is 6.65. The van der Waals surface area contributed by atoms with E-state index in [-0.39, 0.29) is 0 Å². The summed E-state index contributed by atoms with van der Waals surface area (Å²) in [5, 5.41) is 0. The number of hydrogen-bond donors (Lipinski definition) is 1. The van der Waals surface area contributed by atoms with Crippen LogP contribution in [-0.2, 0) is 6.54 Å². The molecule has 0 atom stereocenters. The largest absolute Gasteiger partial charge is 0.366 e. The van der Waals surface area contributed by atoms with E-state index in [0.29, 0.717) is 12.1 Å². The molecular weight excluding hydrogens is 364 g/mol. The van der Waals surface area contributed by atoms with E-state index in [0.717, 1.165) is 21.4 Å². The number of carbonyl (C=O) groups excluding carboxylic acids is 1. The maximum atomic E-state index is 11.8. The molecule has 0 radical (unpaired) electrons. The Morgan fingerprint density at radius 1 is 1.08 bits per heavy atom. The minimum Gasteiger partial charge on any atom is -0.366 e. The van der Waals surface area contributed by atoms with Crippen molar-refractivity contribution < 1.29 is 4.79 Å². The minimum atomic E-state index is -0.396. The summed E-state index contributed by atoms with van der Waals surface area (Å²) >= 11 is 3.52. The van der Waals surface area contributed by atoms with E-state index in [4.69, 9.17) is 5.73 Å². The average Bonchev–Trinajstić information content (AvgIpc) is 2.87. The number of nitrogens with two attached hydrogens (primary N) is 1. The first-order valence-electron chi connectivity index (χ1n) is 7.77. The van der Waals surface area contributed by atoms with Crippen LogP contribution >= 0.6 is 15.9 Å². The second-order valence-corrected chi connectivity index (χ2v) is 6.83. The summed E-state index contributed by atoms with van der Waals surface area (Å²) in [7, 11) is 0. The maximum Gasteiger partial charge on any atom is 0.250 e. The van der Waals surface area contributed by atoms with Crippen molar-refractivity contribution in [1.82, 2.24) is 4.57 Å². The van der Waals surface area contributed by atoms with Gasteiger partial charge in [-0.05, 0) is 48.7 Å². The van der Waals surface area contributed by atoms with Crippen molar-refractivity contribution in [3.63, 3.8) is 0 Å². The smallest absolute Gasteiger partial charge is 0.250 e. The van der Waals surface area contributed by atoms with Crippen LogP contribution in [0.25, 0.3) is 11.3 Å². The molecule has 0 saturated carbocycles. The summed E-state index contributed by atoms with van der Waals surface area (Å²) < 4.78 is 3.16. The third kappa shape index (κ3) is 3.15. The first-order chi connectivity index (χ1) is 11.5. The number of halogens is 1. The Kier molecular flexibility index (Phi) is 4.58. The number of primary amides is 1. The van der Waals surface area contributed by atoms with Gasteiger partial charge < -0.3 is 10.3 Å². The standard InChI is InChI=1S/C20H19BrN2O/c1-13-6-3-4-7-16(13)12-23-14(2)18(20(22)24)11-19(23)15-8-5-9-17(21)10-15/h3-11H,12H2,1-2H3,(H2,22,24). The molecular formula is C20H19BrN2O. The number of aryl methyl sites for hydroxylation is 1. The first kappa shape index (κ1) is 16.5. The fourth-order valence-electron chi connectivity index (χ4n) is 2.94. The molecule has 122 valence electrons. The van der Waals surface area contributed by atoms with Gasteiger partial charge in [0.1, 0.15) is 0 Å². The molecule has 0 aliphatic rings. The SMILES string of the molecule is Cc1ccccc1Cn1c(-c2cccc(Br)c2)cc(C(N)=O)c1C. The Labute approximate surface area is 150 Å². The summed E-state index contributed by atoms with van der Waals surface area (Å²) in [4.78, 5) is 11.8. The predicted octanol–water partition coefficient (Wildman–Crippen LogP) is 4.68. The van der Waals surface area contributed by atoms with Crippen LogP contribution in [0.5, 0.6) is 0 Å². The number of amides is 1. The highest BCUT2D eigenvalue weighted by Gasteiger charge is 2.17.